The molecular weight excluding hydrogens is 332 g/mol. The second kappa shape index (κ2) is 8.21. The maximum Gasteiger partial charge on any atom is 0.410 e. The van der Waals surface area contributed by atoms with E-state index in [2.05, 4.69) is 21.8 Å². The molecule has 0 saturated heterocycles. The number of carbonyl (C=O) groups is 2. The van der Waals surface area contributed by atoms with Gasteiger partial charge < -0.3 is 19.5 Å². The summed E-state index contributed by atoms with van der Waals surface area (Å²) in [6.45, 7) is 8.69. The fourth-order valence-electron chi connectivity index (χ4n) is 2.66. The lowest BCUT2D eigenvalue weighted by Crippen LogP contribution is -2.41. The van der Waals surface area contributed by atoms with Crippen LogP contribution < -0.4 is 5.32 Å². The van der Waals surface area contributed by atoms with E-state index in [-0.39, 0.29) is 12.5 Å². The third-order valence-corrected chi connectivity index (χ3v) is 3.81. The molecule has 0 fully saturated rings. The van der Waals surface area contributed by atoms with Crippen molar-refractivity contribution in [2.24, 2.45) is 0 Å². The molecule has 142 valence electrons. The first-order valence-corrected chi connectivity index (χ1v) is 8.86. The highest BCUT2D eigenvalue weighted by Crippen LogP contribution is 2.16. The summed E-state index contributed by atoms with van der Waals surface area (Å²) in [6, 6.07) is 7.99. The molecule has 1 aromatic heterocycles. The number of carbonyl (C=O) groups excluding carboxylic acids is 2. The molecule has 0 radical (unpaired) electrons. The minimum atomic E-state index is -0.582. The first-order valence-electron chi connectivity index (χ1n) is 8.86. The van der Waals surface area contributed by atoms with Crippen molar-refractivity contribution in [1.82, 2.24) is 19.8 Å². The second-order valence-electron chi connectivity index (χ2n) is 7.20. The maximum atomic E-state index is 12.1. The number of hydrogen-bond acceptors (Lipinski definition) is 4. The second-order valence-corrected chi connectivity index (χ2v) is 7.20. The Morgan fingerprint density at radius 1 is 1.27 bits per heavy atom. The van der Waals surface area contributed by atoms with Gasteiger partial charge in [0.2, 0.25) is 5.91 Å². The van der Waals surface area contributed by atoms with Crippen molar-refractivity contribution in [3.8, 4) is 0 Å². The lowest BCUT2D eigenvalue weighted by molar-refractivity contribution is -0.121. The molecule has 2 amide bonds. The fourth-order valence-corrected chi connectivity index (χ4v) is 2.66. The Kier molecular flexibility index (Phi) is 6.23. The number of likely N-dealkylation sites (N-methyl/N-ethyl adjacent to an activating group) is 1. The minimum absolute atomic E-state index is 0.0426. The van der Waals surface area contributed by atoms with Gasteiger partial charge in [0.25, 0.3) is 0 Å². The van der Waals surface area contributed by atoms with Gasteiger partial charge in [-0.1, -0.05) is 12.1 Å². The number of ether oxygens (including phenoxy) is 1. The van der Waals surface area contributed by atoms with Crippen molar-refractivity contribution in [3.05, 3.63) is 30.1 Å². The quantitative estimate of drug-likeness (QED) is 0.859. The lowest BCUT2D eigenvalue weighted by atomic mass is 10.2. The van der Waals surface area contributed by atoms with Gasteiger partial charge in [0.15, 0.2) is 0 Å². The number of nitrogens with one attached hydrogen (secondary N) is 1. The molecule has 26 heavy (non-hydrogen) atoms. The monoisotopic (exact) mass is 360 g/mol. The lowest BCUT2D eigenvalue weighted by Gasteiger charge is -2.24. The number of fused-ring (bicyclic) bond motifs is 1. The van der Waals surface area contributed by atoms with E-state index in [0.717, 1.165) is 23.4 Å². The highest BCUT2D eigenvalue weighted by Gasteiger charge is 2.21. The summed E-state index contributed by atoms with van der Waals surface area (Å²) in [4.78, 5) is 29.8. The first kappa shape index (κ1) is 19.8. The molecule has 2 rings (SSSR count). The molecule has 0 spiro atoms. The normalized spacial score (nSPS) is 11.4. The predicted octanol–water partition coefficient (Wildman–Crippen LogP) is 2.58. The van der Waals surface area contributed by atoms with Crippen LogP contribution in [-0.2, 0) is 22.5 Å². The van der Waals surface area contributed by atoms with Crippen LogP contribution in [-0.4, -0.2) is 52.2 Å². The van der Waals surface area contributed by atoms with Gasteiger partial charge in [0.05, 0.1) is 11.0 Å². The highest BCUT2D eigenvalue weighted by atomic mass is 16.6. The van der Waals surface area contributed by atoms with Gasteiger partial charge in [-0.2, -0.15) is 0 Å². The van der Waals surface area contributed by atoms with E-state index < -0.39 is 11.7 Å². The summed E-state index contributed by atoms with van der Waals surface area (Å²) in [6.07, 6.45) is 0.116. The van der Waals surface area contributed by atoms with Gasteiger partial charge >= 0.3 is 6.09 Å². The number of aryl methyl sites for hydroxylation is 1. The third-order valence-electron chi connectivity index (χ3n) is 3.81. The minimum Gasteiger partial charge on any atom is -0.444 e. The summed E-state index contributed by atoms with van der Waals surface area (Å²) in [5.41, 5.74) is 1.47. The molecule has 7 nitrogen and oxygen atoms in total. The van der Waals surface area contributed by atoms with Crippen LogP contribution in [0.1, 0.15) is 33.5 Å². The maximum absolute atomic E-state index is 12.1. The van der Waals surface area contributed by atoms with Crippen LogP contribution in [0.5, 0.6) is 0 Å². The van der Waals surface area contributed by atoms with Crippen molar-refractivity contribution in [2.45, 2.75) is 46.3 Å². The van der Waals surface area contributed by atoms with Crippen LogP contribution in [0.15, 0.2) is 24.3 Å². The highest BCUT2D eigenvalue weighted by molar-refractivity contribution is 5.82. The number of amides is 2. The summed E-state index contributed by atoms with van der Waals surface area (Å²) < 4.78 is 7.38. The molecule has 0 aliphatic rings. The van der Waals surface area contributed by atoms with E-state index in [1.54, 1.807) is 27.8 Å². The van der Waals surface area contributed by atoms with Gasteiger partial charge in [-0.25, -0.2) is 9.78 Å². The van der Waals surface area contributed by atoms with Crippen molar-refractivity contribution in [2.75, 3.05) is 20.1 Å². The number of hydrogen-bond donors (Lipinski definition) is 1. The Hall–Kier alpha value is -2.57. The van der Waals surface area contributed by atoms with Crippen LogP contribution >= 0.6 is 0 Å². The predicted molar refractivity (Wildman–Crippen MR) is 101 cm³/mol. The van der Waals surface area contributed by atoms with Crippen LogP contribution in [0.2, 0.25) is 0 Å². The Morgan fingerprint density at radius 2 is 1.96 bits per heavy atom. The Balaban J connectivity index is 1.86. The number of aromatic nitrogens is 2. The van der Waals surface area contributed by atoms with E-state index in [1.165, 1.54) is 4.90 Å². The largest absolute Gasteiger partial charge is 0.444 e. The van der Waals surface area contributed by atoms with Crippen LogP contribution in [0.3, 0.4) is 0 Å². The molecule has 7 heteroatoms. The molecule has 0 unspecified atom stereocenters. The average Bonchev–Trinajstić information content (AvgIpc) is 2.90. The van der Waals surface area contributed by atoms with Crippen molar-refractivity contribution in [3.63, 3.8) is 0 Å². The Morgan fingerprint density at radius 3 is 2.62 bits per heavy atom. The van der Waals surface area contributed by atoms with Gasteiger partial charge in [0.1, 0.15) is 18.0 Å². The molecule has 1 heterocycles. The number of imidazole rings is 1. The number of nitrogens with zero attached hydrogens (tertiary/aromatic N) is 3. The topological polar surface area (TPSA) is 76.5 Å². The van der Waals surface area contributed by atoms with Gasteiger partial charge in [-0.3, -0.25) is 4.79 Å². The molecule has 2 aromatic rings. The molecule has 1 N–H and O–H groups in total. The zero-order valence-electron chi connectivity index (χ0n) is 16.2. The molecule has 0 aliphatic heterocycles. The molecule has 1 aromatic carbocycles. The molecule has 0 saturated carbocycles. The molecule has 0 atom stereocenters. The smallest absolute Gasteiger partial charge is 0.410 e. The van der Waals surface area contributed by atoms with Gasteiger partial charge in [-0.15, -0.1) is 0 Å². The van der Waals surface area contributed by atoms with Crippen molar-refractivity contribution < 1.29 is 14.3 Å². The van der Waals surface area contributed by atoms with E-state index in [4.69, 9.17) is 4.74 Å². The van der Waals surface area contributed by atoms with Crippen molar-refractivity contribution >= 4 is 23.0 Å². The van der Waals surface area contributed by atoms with E-state index in [9.17, 15) is 9.59 Å². The number of rotatable bonds is 6. The van der Waals surface area contributed by atoms with Crippen LogP contribution in [0, 0.1) is 0 Å². The van der Waals surface area contributed by atoms with Crippen molar-refractivity contribution in [1.29, 1.82) is 0 Å². The first-order chi connectivity index (χ1) is 12.2. The van der Waals surface area contributed by atoms with Crippen LogP contribution in [0.4, 0.5) is 4.79 Å². The summed E-state index contributed by atoms with van der Waals surface area (Å²) >= 11 is 0. The van der Waals surface area contributed by atoms with E-state index in [0.29, 0.717) is 13.0 Å². The SMILES string of the molecule is CCn1c(CCNC(=O)CN(C)C(=O)OC(C)(C)C)nc2ccccc21. The van der Waals surface area contributed by atoms with E-state index in [1.807, 2.05) is 24.3 Å². The number of benzene rings is 1. The summed E-state index contributed by atoms with van der Waals surface area (Å²) in [5, 5.41) is 2.83. The van der Waals surface area contributed by atoms with Gasteiger partial charge in [0, 0.05) is 26.6 Å². The zero-order valence-corrected chi connectivity index (χ0v) is 16.2. The molecule has 0 bridgehead atoms. The summed E-state index contributed by atoms with van der Waals surface area (Å²) in [5.74, 6) is 0.715. The van der Waals surface area contributed by atoms with Gasteiger partial charge in [-0.05, 0) is 39.8 Å². The Bertz CT molecular complexity index is 777. The molecule has 0 aliphatic carbocycles. The van der Waals surface area contributed by atoms with E-state index >= 15 is 0 Å². The fraction of sp³-hybridized carbons (Fsp3) is 0.526. The molecular formula is C19H28N4O3. The standard InChI is InChI=1S/C19H28N4O3/c1-6-23-15-10-8-7-9-14(15)21-16(23)11-12-20-17(24)13-22(5)18(25)26-19(2,3)4/h7-10H,6,11-13H2,1-5H3,(H,20,24). The Labute approximate surface area is 154 Å². The third kappa shape index (κ3) is 5.21. The summed E-state index contributed by atoms with van der Waals surface area (Å²) in [7, 11) is 1.55. The number of para-hydroxylation sites is 2. The zero-order chi connectivity index (χ0) is 19.3. The average molecular weight is 360 g/mol. The van der Waals surface area contributed by atoms with Crippen LogP contribution in [0.25, 0.3) is 11.0 Å².